The van der Waals surface area contributed by atoms with Gasteiger partial charge < -0.3 is 23.7 Å². The molecule has 0 aliphatic carbocycles. The highest BCUT2D eigenvalue weighted by Gasteiger charge is 2.45. The van der Waals surface area contributed by atoms with Crippen molar-refractivity contribution in [2.24, 2.45) is 0 Å². The number of halogens is 1. The van der Waals surface area contributed by atoms with Crippen molar-refractivity contribution in [2.75, 3.05) is 19.1 Å². The number of furan rings is 1. The summed E-state index contributed by atoms with van der Waals surface area (Å²) in [6.07, 6.45) is -0.0921. The first-order chi connectivity index (χ1) is 18.7. The topological polar surface area (TPSA) is 98.4 Å². The maximum atomic E-state index is 14.0. The summed E-state index contributed by atoms with van der Waals surface area (Å²) < 4.78 is 22.4. The zero-order valence-corrected chi connectivity index (χ0v) is 22.5. The van der Waals surface area contributed by atoms with Crippen molar-refractivity contribution in [2.45, 2.75) is 26.0 Å². The highest BCUT2D eigenvalue weighted by atomic mass is 35.5. The van der Waals surface area contributed by atoms with Crippen LogP contribution in [0.3, 0.4) is 0 Å². The van der Waals surface area contributed by atoms with Crippen molar-refractivity contribution >= 4 is 39.9 Å². The van der Waals surface area contributed by atoms with Crippen molar-refractivity contribution in [1.29, 1.82) is 0 Å². The van der Waals surface area contributed by atoms with Crippen molar-refractivity contribution in [3.8, 4) is 17.2 Å². The molecule has 1 aliphatic heterocycles. The number of nitrogens with zero attached hydrogens (tertiary/aromatic N) is 1. The Morgan fingerprint density at radius 2 is 1.74 bits per heavy atom. The molecule has 39 heavy (non-hydrogen) atoms. The van der Waals surface area contributed by atoms with Gasteiger partial charge in [-0.05, 0) is 67.9 Å². The number of anilines is 1. The third-order valence-electron chi connectivity index (χ3n) is 6.34. The lowest BCUT2D eigenvalue weighted by Gasteiger charge is -2.27. The lowest BCUT2D eigenvalue weighted by Crippen LogP contribution is -2.31. The number of amides is 1. The average molecular weight is 548 g/mol. The quantitative estimate of drug-likeness (QED) is 0.246. The van der Waals surface area contributed by atoms with Crippen LogP contribution >= 0.6 is 11.6 Å². The van der Waals surface area contributed by atoms with E-state index in [1.165, 1.54) is 18.1 Å². The second kappa shape index (κ2) is 10.4. The number of methoxy groups -OCH3 is 2. The second-order valence-corrected chi connectivity index (χ2v) is 9.68. The van der Waals surface area contributed by atoms with Crippen LogP contribution < -0.4 is 19.1 Å². The molecule has 1 atom stereocenters. The summed E-state index contributed by atoms with van der Waals surface area (Å²) in [5.74, 6) is -0.597. The van der Waals surface area contributed by atoms with Crippen molar-refractivity contribution in [1.82, 2.24) is 0 Å². The van der Waals surface area contributed by atoms with Gasteiger partial charge in [0.1, 0.15) is 11.5 Å². The summed E-state index contributed by atoms with van der Waals surface area (Å²) in [5.41, 5.74) is 1.24. The fraction of sp³-hybridized carbons (Fsp3) is 0.200. The number of ether oxygens (including phenoxy) is 3. The monoisotopic (exact) mass is 547 g/mol. The Kier molecular flexibility index (Phi) is 6.97. The number of aliphatic hydroxyl groups is 1. The maximum absolute atomic E-state index is 14.0. The van der Waals surface area contributed by atoms with Gasteiger partial charge in [0.15, 0.2) is 22.9 Å². The van der Waals surface area contributed by atoms with Crippen LogP contribution in [-0.4, -0.2) is 37.1 Å². The molecule has 3 aromatic carbocycles. The van der Waals surface area contributed by atoms with Crippen molar-refractivity contribution in [3.05, 3.63) is 94.4 Å². The second-order valence-electron chi connectivity index (χ2n) is 9.24. The van der Waals surface area contributed by atoms with Gasteiger partial charge in [0.05, 0.1) is 31.9 Å². The molecule has 0 bridgehead atoms. The average Bonchev–Trinajstić information content (AvgIpc) is 3.46. The Bertz CT molecular complexity index is 1600. The molecule has 8 nitrogen and oxygen atoms in total. The first-order valence-electron chi connectivity index (χ1n) is 12.2. The van der Waals surface area contributed by atoms with Gasteiger partial charge in [0.25, 0.3) is 5.91 Å². The molecule has 0 saturated heterocycles. The number of ketones is 1. The lowest BCUT2D eigenvalue weighted by atomic mass is 9.94. The fourth-order valence-electron chi connectivity index (χ4n) is 4.67. The van der Waals surface area contributed by atoms with Gasteiger partial charge in [-0.25, -0.2) is 0 Å². The molecule has 5 rings (SSSR count). The minimum absolute atomic E-state index is 0.0731. The number of hydrogen-bond acceptors (Lipinski definition) is 7. The first kappa shape index (κ1) is 26.2. The zero-order chi connectivity index (χ0) is 27.8. The van der Waals surface area contributed by atoms with Crippen LogP contribution in [0.4, 0.5) is 5.69 Å². The molecular weight excluding hydrogens is 522 g/mol. The molecule has 1 N–H and O–H groups in total. The van der Waals surface area contributed by atoms with Crippen LogP contribution in [0.2, 0.25) is 5.02 Å². The Hall–Kier alpha value is -4.43. The van der Waals surface area contributed by atoms with E-state index >= 15 is 0 Å². The summed E-state index contributed by atoms with van der Waals surface area (Å²) in [6.45, 7) is 3.80. The van der Waals surface area contributed by atoms with Crippen molar-refractivity contribution in [3.63, 3.8) is 0 Å². The number of hydrogen-bond donors (Lipinski definition) is 1. The van der Waals surface area contributed by atoms with Crippen LogP contribution in [0.25, 0.3) is 11.0 Å². The number of benzene rings is 3. The Morgan fingerprint density at radius 3 is 2.41 bits per heavy atom. The van der Waals surface area contributed by atoms with Crippen LogP contribution in [-0.2, 0) is 4.79 Å². The number of aliphatic hydroxyl groups excluding tert-OH is 1. The third-order valence-corrected chi connectivity index (χ3v) is 6.56. The van der Waals surface area contributed by atoms with E-state index in [-0.39, 0.29) is 17.4 Å². The van der Waals surface area contributed by atoms with E-state index in [2.05, 4.69) is 0 Å². The molecular formula is C30H26ClNO7. The minimum Gasteiger partial charge on any atom is -0.503 e. The number of fused-ring (bicyclic) bond motifs is 1. The predicted octanol–water partition coefficient (Wildman–Crippen LogP) is 6.67. The Balaban J connectivity index is 1.65. The van der Waals surface area contributed by atoms with Crippen LogP contribution in [0.5, 0.6) is 17.2 Å². The zero-order valence-electron chi connectivity index (χ0n) is 21.7. The molecule has 0 radical (unpaired) electrons. The summed E-state index contributed by atoms with van der Waals surface area (Å²) in [6, 6.07) is 17.6. The molecule has 1 amide bonds. The van der Waals surface area contributed by atoms with E-state index in [9.17, 15) is 14.7 Å². The van der Waals surface area contributed by atoms with Gasteiger partial charge in [-0.15, -0.1) is 0 Å². The van der Waals surface area contributed by atoms with E-state index in [4.69, 9.17) is 30.2 Å². The third kappa shape index (κ3) is 4.79. The number of carbonyl (C=O) groups is 2. The van der Waals surface area contributed by atoms with Gasteiger partial charge >= 0.3 is 0 Å². The normalized spacial score (nSPS) is 15.4. The Morgan fingerprint density at radius 1 is 1.00 bits per heavy atom. The van der Waals surface area contributed by atoms with E-state index in [1.54, 1.807) is 67.8 Å². The number of rotatable bonds is 8. The summed E-state index contributed by atoms with van der Waals surface area (Å²) in [5, 5.41) is 12.1. The van der Waals surface area contributed by atoms with Gasteiger partial charge in [0.2, 0.25) is 5.78 Å². The molecule has 0 spiro atoms. The summed E-state index contributed by atoms with van der Waals surface area (Å²) in [7, 11) is 3.01. The molecule has 1 aliphatic rings. The minimum atomic E-state index is -0.965. The molecule has 4 aromatic rings. The predicted molar refractivity (Wildman–Crippen MR) is 147 cm³/mol. The first-order valence-corrected chi connectivity index (χ1v) is 12.6. The highest BCUT2D eigenvalue weighted by molar-refractivity contribution is 6.31. The number of carbonyl (C=O) groups excluding carboxylic acids is 2. The standard InChI is InChI=1S/C30H26ClNO7/c1-16(2)38-22-7-5-6-17(13-22)26-25(28(34)30(35)32(26)20-8-10-21(36-3)11-9-20)27(33)23-14-18-12-19(31)15-24(37-4)29(18)39-23/h5-16,26,34H,1-4H3. The lowest BCUT2D eigenvalue weighted by molar-refractivity contribution is -0.117. The molecule has 0 fully saturated rings. The SMILES string of the molecule is COc1ccc(N2C(=O)C(O)=C(C(=O)c3cc4cc(Cl)cc(OC)c4o3)C2c2cccc(OC(C)C)c2)cc1. The Labute approximate surface area is 229 Å². The van der Waals surface area contributed by atoms with Gasteiger partial charge in [-0.3, -0.25) is 14.5 Å². The van der Waals surface area contributed by atoms with Crippen LogP contribution in [0.15, 0.2) is 82.5 Å². The van der Waals surface area contributed by atoms with Crippen molar-refractivity contribution < 1.29 is 33.3 Å². The molecule has 1 aromatic heterocycles. The van der Waals surface area contributed by atoms with Gasteiger partial charge in [-0.1, -0.05) is 23.7 Å². The van der Waals surface area contributed by atoms with E-state index in [0.717, 1.165) is 0 Å². The van der Waals surface area contributed by atoms with Gasteiger partial charge in [-0.2, -0.15) is 0 Å². The van der Waals surface area contributed by atoms with Gasteiger partial charge in [0, 0.05) is 22.2 Å². The van der Waals surface area contributed by atoms with Crippen LogP contribution in [0.1, 0.15) is 36.0 Å². The summed E-state index contributed by atoms with van der Waals surface area (Å²) in [4.78, 5) is 28.8. The molecule has 0 saturated carbocycles. The molecule has 2 heterocycles. The maximum Gasteiger partial charge on any atom is 0.294 e. The fourth-order valence-corrected chi connectivity index (χ4v) is 4.89. The highest BCUT2D eigenvalue weighted by Crippen LogP contribution is 2.44. The van der Waals surface area contributed by atoms with Crippen LogP contribution in [0, 0.1) is 0 Å². The van der Waals surface area contributed by atoms with E-state index in [1.807, 2.05) is 13.8 Å². The smallest absolute Gasteiger partial charge is 0.294 e. The molecule has 200 valence electrons. The number of Topliss-reactive ketones (excluding diaryl/α,β-unsaturated/α-hetero) is 1. The van der Waals surface area contributed by atoms with E-state index < -0.39 is 23.5 Å². The molecule has 9 heteroatoms. The largest absolute Gasteiger partial charge is 0.503 e. The molecule has 1 unspecified atom stereocenters. The van der Waals surface area contributed by atoms with E-state index in [0.29, 0.717) is 44.5 Å². The summed E-state index contributed by atoms with van der Waals surface area (Å²) >= 11 is 6.20.